The maximum Gasteiger partial charge on any atom is 0.262 e. The Balaban J connectivity index is 1.54. The fourth-order valence-electron chi connectivity index (χ4n) is 3.45. The Bertz CT molecular complexity index is 1020. The van der Waals surface area contributed by atoms with Crippen molar-refractivity contribution in [2.24, 2.45) is 0 Å². The molecule has 1 aliphatic heterocycles. The van der Waals surface area contributed by atoms with E-state index in [1.807, 2.05) is 66.2 Å². The SMILES string of the molecule is CNCc1nc2ccccc2n1CC(=O)NN1C(=O)[C@@H](Cl)[C@H]1c1ccccc1. The van der Waals surface area contributed by atoms with E-state index in [-0.39, 0.29) is 24.4 Å². The second-order valence-electron chi connectivity index (χ2n) is 6.63. The van der Waals surface area contributed by atoms with E-state index < -0.39 is 5.38 Å². The van der Waals surface area contributed by atoms with E-state index in [1.54, 1.807) is 0 Å². The number of β-lactam (4-membered cyclic amide) rings is 1. The van der Waals surface area contributed by atoms with Crippen molar-refractivity contribution in [3.8, 4) is 0 Å². The number of benzene rings is 2. The number of amides is 2. The van der Waals surface area contributed by atoms with Gasteiger partial charge in [-0.3, -0.25) is 15.0 Å². The van der Waals surface area contributed by atoms with Crippen molar-refractivity contribution in [1.29, 1.82) is 0 Å². The van der Waals surface area contributed by atoms with Crippen LogP contribution >= 0.6 is 11.6 Å². The van der Waals surface area contributed by atoms with Crippen molar-refractivity contribution >= 4 is 34.4 Å². The minimum atomic E-state index is -0.684. The zero-order valence-electron chi connectivity index (χ0n) is 15.3. The Morgan fingerprint density at radius 3 is 2.61 bits per heavy atom. The van der Waals surface area contributed by atoms with Gasteiger partial charge in [-0.2, -0.15) is 0 Å². The Kier molecular flexibility index (Phi) is 5.02. The largest absolute Gasteiger partial charge is 0.317 e. The Morgan fingerprint density at radius 2 is 1.86 bits per heavy atom. The molecule has 4 rings (SSSR count). The first-order valence-corrected chi connectivity index (χ1v) is 9.44. The first-order valence-electron chi connectivity index (χ1n) is 9.00. The normalized spacial score (nSPS) is 18.9. The van der Waals surface area contributed by atoms with Crippen molar-refractivity contribution in [1.82, 2.24) is 25.3 Å². The molecule has 0 aliphatic carbocycles. The van der Waals surface area contributed by atoms with Gasteiger partial charge in [0.15, 0.2) is 0 Å². The fraction of sp³-hybridized carbons (Fsp3) is 0.250. The monoisotopic (exact) mass is 397 g/mol. The van der Waals surface area contributed by atoms with Gasteiger partial charge in [0, 0.05) is 0 Å². The molecule has 0 bridgehead atoms. The summed E-state index contributed by atoms with van der Waals surface area (Å²) in [6.45, 7) is 0.580. The topological polar surface area (TPSA) is 79.3 Å². The molecule has 0 unspecified atom stereocenters. The van der Waals surface area contributed by atoms with Crippen LogP contribution in [0.3, 0.4) is 0 Å². The number of nitrogens with one attached hydrogen (secondary N) is 2. The van der Waals surface area contributed by atoms with Crippen LogP contribution < -0.4 is 10.7 Å². The van der Waals surface area contributed by atoms with Gasteiger partial charge in [0.1, 0.15) is 23.8 Å². The van der Waals surface area contributed by atoms with Gasteiger partial charge >= 0.3 is 0 Å². The molecule has 2 aromatic carbocycles. The number of hydrazine groups is 1. The summed E-state index contributed by atoms with van der Waals surface area (Å²) >= 11 is 6.20. The van der Waals surface area contributed by atoms with E-state index in [1.165, 1.54) is 5.01 Å². The van der Waals surface area contributed by atoms with E-state index in [2.05, 4.69) is 15.7 Å². The third kappa shape index (κ3) is 3.23. The summed E-state index contributed by atoms with van der Waals surface area (Å²) in [5.41, 5.74) is 5.28. The van der Waals surface area contributed by atoms with E-state index in [9.17, 15) is 9.59 Å². The maximum absolute atomic E-state index is 12.7. The highest BCUT2D eigenvalue weighted by atomic mass is 35.5. The number of hydrogen-bond donors (Lipinski definition) is 2. The lowest BCUT2D eigenvalue weighted by molar-refractivity contribution is -0.156. The number of rotatable bonds is 6. The van der Waals surface area contributed by atoms with Crippen molar-refractivity contribution in [2.45, 2.75) is 24.5 Å². The summed E-state index contributed by atoms with van der Waals surface area (Å²) in [6, 6.07) is 16.7. The number of alkyl halides is 1. The molecule has 1 saturated heterocycles. The number of aromatic nitrogens is 2. The highest BCUT2D eigenvalue weighted by Crippen LogP contribution is 2.36. The third-order valence-electron chi connectivity index (χ3n) is 4.79. The molecule has 0 radical (unpaired) electrons. The van der Waals surface area contributed by atoms with Crippen molar-refractivity contribution in [3.63, 3.8) is 0 Å². The van der Waals surface area contributed by atoms with Gasteiger partial charge in [-0.1, -0.05) is 42.5 Å². The smallest absolute Gasteiger partial charge is 0.262 e. The molecule has 2 N–H and O–H groups in total. The molecule has 2 atom stereocenters. The number of hydrogen-bond acceptors (Lipinski definition) is 4. The molecular weight excluding hydrogens is 378 g/mol. The molecule has 7 nitrogen and oxygen atoms in total. The van der Waals surface area contributed by atoms with Gasteiger partial charge in [-0.25, -0.2) is 9.99 Å². The summed E-state index contributed by atoms with van der Waals surface area (Å²) in [7, 11) is 1.83. The average Bonchev–Trinajstić information content (AvgIpc) is 3.05. The van der Waals surface area contributed by atoms with Crippen molar-refractivity contribution < 1.29 is 9.59 Å². The summed E-state index contributed by atoms with van der Waals surface area (Å²) in [5, 5.41) is 3.69. The van der Waals surface area contributed by atoms with Gasteiger partial charge in [0.25, 0.3) is 11.8 Å². The van der Waals surface area contributed by atoms with Gasteiger partial charge in [-0.15, -0.1) is 11.6 Å². The minimum Gasteiger partial charge on any atom is -0.317 e. The minimum absolute atomic E-state index is 0.0514. The molecule has 144 valence electrons. The van der Waals surface area contributed by atoms with Gasteiger partial charge in [-0.05, 0) is 24.7 Å². The number of halogens is 1. The van der Waals surface area contributed by atoms with Gasteiger partial charge in [0.05, 0.1) is 17.6 Å². The van der Waals surface area contributed by atoms with E-state index in [0.717, 1.165) is 22.4 Å². The second kappa shape index (κ2) is 7.61. The highest BCUT2D eigenvalue weighted by molar-refractivity contribution is 6.33. The first-order chi connectivity index (χ1) is 13.6. The molecule has 1 aliphatic rings. The van der Waals surface area contributed by atoms with Crippen LogP contribution in [0.4, 0.5) is 0 Å². The summed E-state index contributed by atoms with van der Waals surface area (Å²) < 4.78 is 1.85. The van der Waals surface area contributed by atoms with E-state index in [4.69, 9.17) is 11.6 Å². The lowest BCUT2D eigenvalue weighted by Gasteiger charge is -2.44. The van der Waals surface area contributed by atoms with Crippen LogP contribution in [0.5, 0.6) is 0 Å². The van der Waals surface area contributed by atoms with Crippen LogP contribution in [-0.4, -0.2) is 38.8 Å². The molecule has 0 saturated carbocycles. The van der Waals surface area contributed by atoms with E-state index >= 15 is 0 Å². The van der Waals surface area contributed by atoms with E-state index in [0.29, 0.717) is 6.54 Å². The lowest BCUT2D eigenvalue weighted by atomic mass is 9.95. The van der Waals surface area contributed by atoms with Crippen LogP contribution in [-0.2, 0) is 22.7 Å². The second-order valence-corrected chi connectivity index (χ2v) is 7.10. The highest BCUT2D eigenvalue weighted by Gasteiger charge is 2.48. The quantitative estimate of drug-likeness (QED) is 0.492. The Hall–Kier alpha value is -2.90. The first kappa shape index (κ1) is 18.5. The molecule has 3 aromatic rings. The lowest BCUT2D eigenvalue weighted by Crippen LogP contribution is -2.63. The molecule has 8 heteroatoms. The summed E-state index contributed by atoms with van der Waals surface area (Å²) in [4.78, 5) is 29.5. The zero-order chi connectivity index (χ0) is 19.7. The van der Waals surface area contributed by atoms with Crippen LogP contribution in [0.1, 0.15) is 17.4 Å². The number of imidazole rings is 1. The third-order valence-corrected chi connectivity index (χ3v) is 5.21. The molecule has 28 heavy (non-hydrogen) atoms. The predicted octanol–water partition coefficient (Wildman–Crippen LogP) is 1.98. The van der Waals surface area contributed by atoms with Crippen LogP contribution in [0, 0.1) is 0 Å². The van der Waals surface area contributed by atoms with Gasteiger partial charge in [0.2, 0.25) is 0 Å². The predicted molar refractivity (Wildman–Crippen MR) is 106 cm³/mol. The molecule has 0 spiro atoms. The Labute approximate surface area is 167 Å². The van der Waals surface area contributed by atoms with Crippen LogP contribution in [0.2, 0.25) is 0 Å². The molecular formula is C20H20ClN5O2. The zero-order valence-corrected chi connectivity index (χ0v) is 16.1. The van der Waals surface area contributed by atoms with Crippen molar-refractivity contribution in [3.05, 3.63) is 66.0 Å². The standard InChI is InChI=1S/C20H20ClN5O2/c1-22-11-16-23-14-9-5-6-10-15(14)25(16)12-17(27)24-26-19(18(21)20(26)28)13-7-3-2-4-8-13/h2-10,18-19,22H,11-12H2,1H3,(H,24,27)/t18-,19+/m0/s1. The number of para-hydroxylation sites is 2. The average molecular weight is 398 g/mol. The fourth-order valence-corrected chi connectivity index (χ4v) is 3.82. The number of carbonyl (C=O) groups excluding carboxylic acids is 2. The molecule has 2 amide bonds. The molecule has 1 aromatic heterocycles. The number of nitrogens with zero attached hydrogens (tertiary/aromatic N) is 3. The molecule has 2 heterocycles. The molecule has 1 fully saturated rings. The maximum atomic E-state index is 12.7. The Morgan fingerprint density at radius 1 is 1.14 bits per heavy atom. The van der Waals surface area contributed by atoms with Crippen LogP contribution in [0.25, 0.3) is 11.0 Å². The number of carbonyl (C=O) groups is 2. The van der Waals surface area contributed by atoms with Gasteiger partial charge < -0.3 is 9.88 Å². The van der Waals surface area contributed by atoms with Crippen molar-refractivity contribution in [2.75, 3.05) is 7.05 Å². The van der Waals surface area contributed by atoms with Crippen LogP contribution in [0.15, 0.2) is 54.6 Å². The number of fused-ring (bicyclic) bond motifs is 1. The summed E-state index contributed by atoms with van der Waals surface area (Å²) in [6.07, 6.45) is 0. The summed E-state index contributed by atoms with van der Waals surface area (Å²) in [5.74, 6) is 0.136.